The van der Waals surface area contributed by atoms with Gasteiger partial charge in [0, 0.05) is 13.0 Å². The molecule has 1 N–H and O–H groups in total. The largest absolute Gasteiger partial charge is 0.481 e. The zero-order chi connectivity index (χ0) is 13.7. The lowest BCUT2D eigenvalue weighted by Gasteiger charge is -2.20. The smallest absolute Gasteiger partial charge is 0.305 e. The van der Waals surface area contributed by atoms with Crippen molar-refractivity contribution in [3.05, 3.63) is 5.82 Å². The van der Waals surface area contributed by atoms with Gasteiger partial charge in [0.25, 0.3) is 0 Å². The fraction of sp³-hybridized carbons (Fsp3) is 0.818. The van der Waals surface area contributed by atoms with Gasteiger partial charge in [0.05, 0.1) is 12.5 Å². The lowest BCUT2D eigenvalue weighted by Crippen LogP contribution is -2.24. The highest BCUT2D eigenvalue weighted by Gasteiger charge is 2.23. The topological polar surface area (TPSA) is 84.1 Å². The van der Waals surface area contributed by atoms with Crippen LogP contribution in [-0.4, -0.2) is 56.8 Å². The lowest BCUT2D eigenvalue weighted by atomic mass is 10.0. The number of hydrogen-bond acceptors (Lipinski definition) is 5. The highest BCUT2D eigenvalue weighted by Crippen LogP contribution is 2.21. The molecule has 0 aliphatic heterocycles. The molecular weight excluding hydrogens is 234 g/mol. The molecule has 0 spiro atoms. The fourth-order valence-electron chi connectivity index (χ4n) is 1.74. The molecule has 0 radical (unpaired) electrons. The predicted molar refractivity (Wildman–Crippen MR) is 66.2 cm³/mol. The first-order valence-corrected chi connectivity index (χ1v) is 6.05. The molecule has 7 nitrogen and oxygen atoms in total. The van der Waals surface area contributed by atoms with Crippen molar-refractivity contribution in [1.82, 2.24) is 25.1 Å². The summed E-state index contributed by atoms with van der Waals surface area (Å²) >= 11 is 0. The van der Waals surface area contributed by atoms with Gasteiger partial charge in [0.15, 0.2) is 5.82 Å². The highest BCUT2D eigenvalue weighted by molar-refractivity contribution is 5.67. The molecular formula is C11H21N5O2. The summed E-state index contributed by atoms with van der Waals surface area (Å²) in [6, 6.07) is -0.199. The van der Waals surface area contributed by atoms with Crippen LogP contribution in [0.15, 0.2) is 0 Å². The summed E-state index contributed by atoms with van der Waals surface area (Å²) in [5.74, 6) is 0.0779. The van der Waals surface area contributed by atoms with Crippen LogP contribution in [-0.2, 0) is 11.2 Å². The minimum atomic E-state index is -0.831. The van der Waals surface area contributed by atoms with Crippen LogP contribution >= 0.6 is 0 Å². The van der Waals surface area contributed by atoms with Crippen LogP contribution in [0.5, 0.6) is 0 Å². The number of tetrazole rings is 1. The van der Waals surface area contributed by atoms with Crippen LogP contribution in [0.25, 0.3) is 0 Å². The Morgan fingerprint density at radius 3 is 2.61 bits per heavy atom. The van der Waals surface area contributed by atoms with Crippen molar-refractivity contribution in [2.75, 3.05) is 20.6 Å². The third-order valence-corrected chi connectivity index (χ3v) is 2.81. The standard InChI is InChI=1S/C11H21N5O2/c1-8(2)9(7-11(17)18)16-10(12-13-14-16)5-6-15(3)4/h8-9H,5-7H2,1-4H3,(H,17,18). The number of hydrogen-bond donors (Lipinski definition) is 1. The van der Waals surface area contributed by atoms with E-state index in [1.165, 1.54) is 0 Å². The van der Waals surface area contributed by atoms with E-state index in [1.54, 1.807) is 4.68 Å². The van der Waals surface area contributed by atoms with Crippen molar-refractivity contribution in [2.24, 2.45) is 5.92 Å². The average molecular weight is 255 g/mol. The summed E-state index contributed by atoms with van der Waals surface area (Å²) in [6.45, 7) is 4.79. The molecule has 1 aromatic heterocycles. The summed E-state index contributed by atoms with van der Waals surface area (Å²) in [5, 5.41) is 20.5. The second kappa shape index (κ2) is 6.44. The molecule has 0 saturated heterocycles. The van der Waals surface area contributed by atoms with E-state index in [4.69, 9.17) is 5.11 Å². The van der Waals surface area contributed by atoms with E-state index in [0.29, 0.717) is 6.42 Å². The van der Waals surface area contributed by atoms with Crippen LogP contribution in [0, 0.1) is 5.92 Å². The molecule has 1 aromatic rings. The number of likely N-dealkylation sites (N-methyl/N-ethyl adjacent to an activating group) is 1. The SMILES string of the molecule is CC(C)C(CC(=O)O)n1nnnc1CCN(C)C. The van der Waals surface area contributed by atoms with E-state index in [9.17, 15) is 4.79 Å². The Bertz CT molecular complexity index is 389. The summed E-state index contributed by atoms with van der Waals surface area (Å²) < 4.78 is 1.66. The maximum absolute atomic E-state index is 10.9. The predicted octanol–water partition coefficient (Wildman–Crippen LogP) is 0.449. The Balaban J connectivity index is 2.84. The number of nitrogens with zero attached hydrogens (tertiary/aromatic N) is 5. The molecule has 0 fully saturated rings. The fourth-order valence-corrected chi connectivity index (χ4v) is 1.74. The van der Waals surface area contributed by atoms with E-state index < -0.39 is 5.97 Å². The highest BCUT2D eigenvalue weighted by atomic mass is 16.4. The Morgan fingerprint density at radius 1 is 1.44 bits per heavy atom. The molecule has 18 heavy (non-hydrogen) atoms. The first kappa shape index (κ1) is 14.6. The molecule has 102 valence electrons. The monoisotopic (exact) mass is 255 g/mol. The van der Waals surface area contributed by atoms with Gasteiger partial charge in [0.1, 0.15) is 0 Å². The number of carboxylic acids is 1. The van der Waals surface area contributed by atoms with Crippen LogP contribution < -0.4 is 0 Å². The molecule has 0 aliphatic carbocycles. The van der Waals surface area contributed by atoms with Crippen LogP contribution in [0.4, 0.5) is 0 Å². The van der Waals surface area contributed by atoms with Gasteiger partial charge in [-0.05, 0) is 30.4 Å². The van der Waals surface area contributed by atoms with E-state index in [-0.39, 0.29) is 18.4 Å². The van der Waals surface area contributed by atoms with Crippen LogP contribution in [0.2, 0.25) is 0 Å². The maximum Gasteiger partial charge on any atom is 0.305 e. The average Bonchev–Trinajstić information content (AvgIpc) is 2.70. The van der Waals surface area contributed by atoms with E-state index in [2.05, 4.69) is 15.5 Å². The Kier molecular flexibility index (Phi) is 5.21. The minimum Gasteiger partial charge on any atom is -0.481 e. The Morgan fingerprint density at radius 2 is 2.11 bits per heavy atom. The van der Waals surface area contributed by atoms with Crippen molar-refractivity contribution in [3.8, 4) is 0 Å². The number of aliphatic carboxylic acids is 1. The Hall–Kier alpha value is -1.50. The zero-order valence-corrected chi connectivity index (χ0v) is 11.4. The molecule has 0 bridgehead atoms. The second-order valence-electron chi connectivity index (χ2n) is 5.00. The van der Waals surface area contributed by atoms with E-state index in [1.807, 2.05) is 32.8 Å². The molecule has 1 rings (SSSR count). The van der Waals surface area contributed by atoms with Gasteiger partial charge >= 0.3 is 5.97 Å². The molecule has 0 aliphatic rings. The summed E-state index contributed by atoms with van der Waals surface area (Å²) in [4.78, 5) is 12.9. The van der Waals surface area contributed by atoms with Crippen LogP contribution in [0.1, 0.15) is 32.1 Å². The first-order chi connectivity index (χ1) is 8.41. The summed E-state index contributed by atoms with van der Waals surface area (Å²) in [7, 11) is 3.95. The summed E-state index contributed by atoms with van der Waals surface area (Å²) in [5.41, 5.74) is 0. The van der Waals surface area contributed by atoms with Crippen molar-refractivity contribution < 1.29 is 9.90 Å². The third kappa shape index (κ3) is 4.06. The van der Waals surface area contributed by atoms with Gasteiger partial charge in [-0.15, -0.1) is 5.10 Å². The number of carbonyl (C=O) groups is 1. The van der Waals surface area contributed by atoms with Gasteiger partial charge < -0.3 is 10.0 Å². The van der Waals surface area contributed by atoms with E-state index in [0.717, 1.165) is 12.4 Å². The Labute approximate surface area is 107 Å². The van der Waals surface area contributed by atoms with Crippen molar-refractivity contribution in [2.45, 2.75) is 32.7 Å². The normalized spacial score (nSPS) is 13.2. The van der Waals surface area contributed by atoms with Crippen molar-refractivity contribution >= 4 is 5.97 Å². The lowest BCUT2D eigenvalue weighted by molar-refractivity contribution is -0.138. The van der Waals surface area contributed by atoms with Gasteiger partial charge in [-0.1, -0.05) is 13.8 Å². The van der Waals surface area contributed by atoms with Crippen LogP contribution in [0.3, 0.4) is 0 Å². The van der Waals surface area contributed by atoms with Crippen molar-refractivity contribution in [1.29, 1.82) is 0 Å². The molecule has 0 saturated carbocycles. The molecule has 1 atom stereocenters. The third-order valence-electron chi connectivity index (χ3n) is 2.81. The molecule has 0 amide bonds. The van der Waals surface area contributed by atoms with Gasteiger partial charge in [0.2, 0.25) is 0 Å². The second-order valence-corrected chi connectivity index (χ2v) is 5.00. The maximum atomic E-state index is 10.9. The molecule has 0 aromatic carbocycles. The van der Waals surface area contributed by atoms with Gasteiger partial charge in [-0.25, -0.2) is 4.68 Å². The summed E-state index contributed by atoms with van der Waals surface area (Å²) in [6.07, 6.45) is 0.751. The number of aromatic nitrogens is 4. The minimum absolute atomic E-state index is 0.0394. The number of carboxylic acid groups (broad SMARTS) is 1. The quantitative estimate of drug-likeness (QED) is 0.761. The zero-order valence-electron chi connectivity index (χ0n) is 11.4. The first-order valence-electron chi connectivity index (χ1n) is 6.05. The molecule has 7 heteroatoms. The van der Waals surface area contributed by atoms with E-state index >= 15 is 0 Å². The molecule has 1 heterocycles. The number of rotatable bonds is 7. The van der Waals surface area contributed by atoms with Gasteiger partial charge in [-0.2, -0.15) is 0 Å². The van der Waals surface area contributed by atoms with Gasteiger partial charge in [-0.3, -0.25) is 4.79 Å². The van der Waals surface area contributed by atoms with Crippen molar-refractivity contribution in [3.63, 3.8) is 0 Å². The molecule has 1 unspecified atom stereocenters.